The molecule has 128 valence electrons. The minimum Gasteiger partial charge on any atom is -0.427 e. The zero-order valence-electron chi connectivity index (χ0n) is 13.4. The van der Waals surface area contributed by atoms with Crippen molar-refractivity contribution < 1.29 is 18.7 Å². The third-order valence-electron chi connectivity index (χ3n) is 3.18. The Bertz CT molecular complexity index is 856. The maximum Gasteiger partial charge on any atom is 0.311 e. The fourth-order valence-corrected chi connectivity index (χ4v) is 2.69. The van der Waals surface area contributed by atoms with E-state index in [0.717, 1.165) is 5.56 Å². The van der Waals surface area contributed by atoms with Gasteiger partial charge in [0.05, 0.1) is 6.42 Å². The number of benzene rings is 1. The molecule has 1 N–H and O–H groups in total. The number of amides is 1. The standard InChI is InChI=1S/C17H15N3O4S/c1-11(21)18-13-2-4-14(5-3-13)23-16(22)7-6-15-19-20-17(24-15)12-8-9-25-10-12/h2-5,8-10H,6-7H2,1H3,(H,18,21). The van der Waals surface area contributed by atoms with Gasteiger partial charge in [-0.1, -0.05) is 0 Å². The lowest BCUT2D eigenvalue weighted by Crippen LogP contribution is -2.09. The van der Waals surface area contributed by atoms with Gasteiger partial charge in [0.1, 0.15) is 5.75 Å². The van der Waals surface area contributed by atoms with E-state index in [9.17, 15) is 9.59 Å². The van der Waals surface area contributed by atoms with Gasteiger partial charge in [0.25, 0.3) is 0 Å². The van der Waals surface area contributed by atoms with E-state index >= 15 is 0 Å². The average Bonchev–Trinajstić information content (AvgIpc) is 3.25. The number of hydrogen-bond donors (Lipinski definition) is 1. The Hall–Kier alpha value is -3.00. The van der Waals surface area contributed by atoms with Gasteiger partial charge < -0.3 is 14.5 Å². The molecule has 0 bridgehead atoms. The van der Waals surface area contributed by atoms with Crippen LogP contribution in [0.2, 0.25) is 0 Å². The van der Waals surface area contributed by atoms with Gasteiger partial charge in [-0.2, -0.15) is 11.3 Å². The van der Waals surface area contributed by atoms with E-state index in [1.165, 1.54) is 6.92 Å². The van der Waals surface area contributed by atoms with E-state index in [-0.39, 0.29) is 12.3 Å². The highest BCUT2D eigenvalue weighted by molar-refractivity contribution is 7.08. The second-order valence-electron chi connectivity index (χ2n) is 5.19. The summed E-state index contributed by atoms with van der Waals surface area (Å²) in [4.78, 5) is 22.9. The number of aryl methyl sites for hydroxylation is 1. The molecule has 0 atom stereocenters. The third-order valence-corrected chi connectivity index (χ3v) is 3.87. The minimum absolute atomic E-state index is 0.124. The molecule has 8 heteroatoms. The van der Waals surface area contributed by atoms with Gasteiger partial charge in [-0.25, -0.2) is 0 Å². The molecule has 0 aliphatic rings. The van der Waals surface area contributed by atoms with Gasteiger partial charge in [-0.05, 0) is 35.7 Å². The van der Waals surface area contributed by atoms with Crippen LogP contribution in [0, 0.1) is 0 Å². The fraction of sp³-hybridized carbons (Fsp3) is 0.176. The third kappa shape index (κ3) is 4.74. The van der Waals surface area contributed by atoms with Crippen LogP contribution in [0.15, 0.2) is 45.5 Å². The highest BCUT2D eigenvalue weighted by atomic mass is 32.1. The van der Waals surface area contributed by atoms with Crippen LogP contribution in [0.5, 0.6) is 5.75 Å². The van der Waals surface area contributed by atoms with Gasteiger partial charge in [-0.3, -0.25) is 9.59 Å². The van der Waals surface area contributed by atoms with Crippen molar-refractivity contribution in [2.75, 3.05) is 5.32 Å². The summed E-state index contributed by atoms with van der Waals surface area (Å²) in [5.41, 5.74) is 1.50. The Balaban J connectivity index is 1.50. The number of nitrogens with one attached hydrogen (secondary N) is 1. The smallest absolute Gasteiger partial charge is 0.311 e. The summed E-state index contributed by atoms with van der Waals surface area (Å²) >= 11 is 1.54. The topological polar surface area (TPSA) is 94.3 Å². The van der Waals surface area contributed by atoms with Crippen molar-refractivity contribution >= 4 is 28.9 Å². The summed E-state index contributed by atoms with van der Waals surface area (Å²) in [6.07, 6.45) is 0.429. The predicted octanol–water partition coefficient (Wildman–Crippen LogP) is 3.29. The second kappa shape index (κ2) is 7.71. The summed E-state index contributed by atoms with van der Waals surface area (Å²) in [6.45, 7) is 1.43. The number of carbonyl (C=O) groups is 2. The average molecular weight is 357 g/mol. The molecule has 0 saturated heterocycles. The van der Waals surface area contributed by atoms with Crippen LogP contribution in [0.25, 0.3) is 11.5 Å². The number of thiophene rings is 1. The van der Waals surface area contributed by atoms with Crippen LogP contribution in [-0.2, 0) is 16.0 Å². The lowest BCUT2D eigenvalue weighted by molar-refractivity contribution is -0.134. The Morgan fingerprint density at radius 1 is 1.20 bits per heavy atom. The van der Waals surface area contributed by atoms with Crippen molar-refractivity contribution in [3.05, 3.63) is 47.0 Å². The Labute approximate surface area is 147 Å². The van der Waals surface area contributed by atoms with E-state index in [1.807, 2.05) is 16.8 Å². The van der Waals surface area contributed by atoms with Gasteiger partial charge >= 0.3 is 5.97 Å². The normalized spacial score (nSPS) is 10.4. The first-order valence-corrected chi connectivity index (χ1v) is 8.48. The number of carbonyl (C=O) groups excluding carboxylic acids is 2. The number of aromatic nitrogens is 2. The molecule has 0 aliphatic heterocycles. The quantitative estimate of drug-likeness (QED) is 0.537. The molecule has 1 aromatic carbocycles. The van der Waals surface area contributed by atoms with Crippen LogP contribution in [0.1, 0.15) is 19.2 Å². The number of nitrogens with zero attached hydrogens (tertiary/aromatic N) is 2. The highest BCUT2D eigenvalue weighted by Crippen LogP contribution is 2.21. The van der Waals surface area contributed by atoms with Crippen LogP contribution >= 0.6 is 11.3 Å². The molecule has 2 heterocycles. The number of hydrogen-bond acceptors (Lipinski definition) is 7. The molecule has 2 aromatic heterocycles. The van der Waals surface area contributed by atoms with Gasteiger partial charge in [0, 0.05) is 30.0 Å². The first-order chi connectivity index (χ1) is 12.1. The van der Waals surface area contributed by atoms with Crippen molar-refractivity contribution in [1.82, 2.24) is 10.2 Å². The van der Waals surface area contributed by atoms with Crippen LogP contribution in [0.4, 0.5) is 5.69 Å². The second-order valence-corrected chi connectivity index (χ2v) is 5.97. The maximum atomic E-state index is 11.9. The van der Waals surface area contributed by atoms with Crippen LogP contribution < -0.4 is 10.1 Å². The van der Waals surface area contributed by atoms with Crippen molar-refractivity contribution in [1.29, 1.82) is 0 Å². The summed E-state index contributed by atoms with van der Waals surface area (Å²) in [5.74, 6) is 0.676. The first-order valence-electron chi connectivity index (χ1n) is 7.53. The monoisotopic (exact) mass is 357 g/mol. The predicted molar refractivity (Wildman–Crippen MR) is 92.3 cm³/mol. The highest BCUT2D eigenvalue weighted by Gasteiger charge is 2.12. The van der Waals surface area contributed by atoms with Crippen LogP contribution in [0.3, 0.4) is 0 Å². The SMILES string of the molecule is CC(=O)Nc1ccc(OC(=O)CCc2nnc(-c3ccsc3)o2)cc1. The zero-order chi connectivity index (χ0) is 17.6. The van der Waals surface area contributed by atoms with Gasteiger partial charge in [0.15, 0.2) is 0 Å². The molecule has 0 spiro atoms. The van der Waals surface area contributed by atoms with Crippen LogP contribution in [-0.4, -0.2) is 22.1 Å². The number of esters is 1. The van der Waals surface area contributed by atoms with Gasteiger partial charge in [-0.15, -0.1) is 10.2 Å². The zero-order valence-corrected chi connectivity index (χ0v) is 14.2. The Morgan fingerprint density at radius 2 is 2.00 bits per heavy atom. The molecule has 3 rings (SSSR count). The minimum atomic E-state index is -0.400. The summed E-state index contributed by atoms with van der Waals surface area (Å²) in [7, 11) is 0. The van der Waals surface area contributed by atoms with Crippen molar-refractivity contribution in [2.45, 2.75) is 19.8 Å². The van der Waals surface area contributed by atoms with E-state index in [1.54, 1.807) is 35.6 Å². The molecular formula is C17H15N3O4S. The first kappa shape index (κ1) is 16.8. The van der Waals surface area contributed by atoms with Gasteiger partial charge in [0.2, 0.25) is 17.7 Å². The van der Waals surface area contributed by atoms with Crippen molar-refractivity contribution in [3.63, 3.8) is 0 Å². The molecule has 0 radical (unpaired) electrons. The molecular weight excluding hydrogens is 342 g/mol. The molecule has 0 unspecified atom stereocenters. The molecule has 1 amide bonds. The number of rotatable bonds is 6. The lowest BCUT2D eigenvalue weighted by Gasteiger charge is -2.05. The molecule has 0 saturated carbocycles. The molecule has 3 aromatic rings. The summed E-state index contributed by atoms with van der Waals surface area (Å²) in [6, 6.07) is 8.44. The van der Waals surface area contributed by atoms with E-state index in [4.69, 9.17) is 9.15 Å². The Morgan fingerprint density at radius 3 is 2.68 bits per heavy atom. The number of anilines is 1. The number of ether oxygens (including phenoxy) is 1. The summed E-state index contributed by atoms with van der Waals surface area (Å²) in [5, 5.41) is 14.4. The van der Waals surface area contributed by atoms with E-state index < -0.39 is 5.97 Å². The molecule has 25 heavy (non-hydrogen) atoms. The largest absolute Gasteiger partial charge is 0.427 e. The van der Waals surface area contributed by atoms with Crippen molar-refractivity contribution in [3.8, 4) is 17.2 Å². The lowest BCUT2D eigenvalue weighted by atomic mass is 10.3. The fourth-order valence-electron chi connectivity index (χ4n) is 2.06. The molecule has 0 fully saturated rings. The van der Waals surface area contributed by atoms with Crippen molar-refractivity contribution in [2.24, 2.45) is 0 Å². The van der Waals surface area contributed by atoms with E-state index in [2.05, 4.69) is 15.5 Å². The Kier molecular flexibility index (Phi) is 5.20. The maximum absolute atomic E-state index is 11.9. The summed E-state index contributed by atoms with van der Waals surface area (Å²) < 4.78 is 10.8. The van der Waals surface area contributed by atoms with E-state index in [0.29, 0.717) is 29.6 Å². The molecule has 0 aliphatic carbocycles. The molecule has 7 nitrogen and oxygen atoms in total.